The van der Waals surface area contributed by atoms with Crippen LogP contribution in [0.1, 0.15) is 29.2 Å². The predicted octanol–water partition coefficient (Wildman–Crippen LogP) is 7.43. The normalized spacial score (nSPS) is 15.3. The molecule has 1 unspecified atom stereocenters. The van der Waals surface area contributed by atoms with Gasteiger partial charge in [0.1, 0.15) is 23.5 Å². The van der Waals surface area contributed by atoms with E-state index in [9.17, 15) is 15.6 Å². The van der Waals surface area contributed by atoms with Gasteiger partial charge in [-0.15, -0.1) is 0 Å². The van der Waals surface area contributed by atoms with E-state index in [1.54, 1.807) is 12.1 Å². The van der Waals surface area contributed by atoms with Crippen LogP contribution in [0.3, 0.4) is 0 Å². The van der Waals surface area contributed by atoms with Crippen LogP contribution in [0.4, 0.5) is 0 Å². The second-order valence-electron chi connectivity index (χ2n) is 9.06. The molecule has 0 saturated heterocycles. The van der Waals surface area contributed by atoms with Gasteiger partial charge in [-0.05, 0) is 69.8 Å². The maximum Gasteiger partial charge on any atom is 0.133 e. The van der Waals surface area contributed by atoms with Crippen LogP contribution in [0.5, 0.6) is 5.75 Å². The van der Waals surface area contributed by atoms with Gasteiger partial charge in [-0.2, -0.15) is 10.5 Å². The molecule has 0 saturated carbocycles. The smallest absolute Gasteiger partial charge is 0.133 e. The summed E-state index contributed by atoms with van der Waals surface area (Å²) in [7, 11) is 0. The van der Waals surface area contributed by atoms with Gasteiger partial charge in [0.05, 0.1) is 6.04 Å². The quantitative estimate of drug-likeness (QED) is 0.302. The summed E-state index contributed by atoms with van der Waals surface area (Å²) in [6.45, 7) is 0.690. The minimum Gasteiger partial charge on any atom is -0.508 e. The van der Waals surface area contributed by atoms with Gasteiger partial charge in [-0.1, -0.05) is 84.9 Å². The van der Waals surface area contributed by atoms with E-state index in [0.717, 1.165) is 33.2 Å². The summed E-state index contributed by atoms with van der Waals surface area (Å²) in [6.07, 6.45) is 6.66. The number of nitrogens with zero attached hydrogens (tertiary/aromatic N) is 3. The average molecular weight is 480 g/mol. The Kier molecular flexibility index (Phi) is 6.84. The van der Waals surface area contributed by atoms with Crippen molar-refractivity contribution in [1.29, 1.82) is 10.5 Å². The molecule has 4 aromatic rings. The molecule has 4 nitrogen and oxygen atoms in total. The van der Waals surface area contributed by atoms with Crippen LogP contribution in [0.2, 0.25) is 0 Å². The zero-order chi connectivity index (χ0) is 25.6. The van der Waals surface area contributed by atoms with Crippen LogP contribution < -0.4 is 0 Å². The molecule has 0 aliphatic carbocycles. The van der Waals surface area contributed by atoms with Crippen molar-refractivity contribution in [2.24, 2.45) is 0 Å². The molecule has 0 radical (unpaired) electrons. The van der Waals surface area contributed by atoms with Crippen molar-refractivity contribution < 1.29 is 5.11 Å². The highest BCUT2D eigenvalue weighted by Crippen LogP contribution is 2.39. The first kappa shape index (κ1) is 23.7. The number of hydrogen-bond donors (Lipinski definition) is 1. The highest BCUT2D eigenvalue weighted by atomic mass is 16.3. The van der Waals surface area contributed by atoms with E-state index < -0.39 is 0 Å². The van der Waals surface area contributed by atoms with Gasteiger partial charge in [0.15, 0.2) is 0 Å². The lowest BCUT2D eigenvalue weighted by molar-refractivity contribution is 0.244. The second-order valence-corrected chi connectivity index (χ2v) is 9.06. The lowest BCUT2D eigenvalue weighted by Crippen LogP contribution is -2.30. The largest absolute Gasteiger partial charge is 0.508 e. The van der Waals surface area contributed by atoms with E-state index >= 15 is 0 Å². The molecule has 0 spiro atoms. The molecule has 1 aliphatic rings. The van der Waals surface area contributed by atoms with Crippen molar-refractivity contribution in [3.63, 3.8) is 0 Å². The van der Waals surface area contributed by atoms with Crippen molar-refractivity contribution in [3.05, 3.63) is 143 Å². The van der Waals surface area contributed by atoms with Gasteiger partial charge in [-0.3, -0.25) is 0 Å². The summed E-state index contributed by atoms with van der Waals surface area (Å²) in [5.74, 6) is 0.247. The van der Waals surface area contributed by atoms with Crippen molar-refractivity contribution in [2.45, 2.75) is 19.0 Å². The monoisotopic (exact) mass is 479 g/mol. The van der Waals surface area contributed by atoms with Crippen LogP contribution in [-0.2, 0) is 6.54 Å². The molecule has 5 rings (SSSR count). The Bertz CT molecular complexity index is 1590. The maximum absolute atomic E-state index is 9.78. The Morgan fingerprint density at radius 2 is 1.51 bits per heavy atom. The number of nitriles is 2. The standard InChI is InChI=1S/C33H25N3O/c34-21-30(22-35)29-18-31(15-12-24-11-13-28-19-32(37)16-14-27(28)17-24)36(23-25-7-3-1-4-8-25)33(20-29)26-9-5-2-6-10-26/h1-19,33,37H,20,23H2/b15-12+. The number of phenols is 1. The molecular formula is C33H25N3O. The van der Waals surface area contributed by atoms with Gasteiger partial charge < -0.3 is 10.0 Å². The van der Waals surface area contributed by atoms with E-state index in [2.05, 4.69) is 59.5 Å². The van der Waals surface area contributed by atoms with Gasteiger partial charge in [0, 0.05) is 12.2 Å². The van der Waals surface area contributed by atoms with E-state index in [4.69, 9.17) is 0 Å². The minimum absolute atomic E-state index is 0.0302. The van der Waals surface area contributed by atoms with Crippen LogP contribution in [0, 0.1) is 22.7 Å². The van der Waals surface area contributed by atoms with Gasteiger partial charge in [-0.25, -0.2) is 0 Å². The number of phenolic OH excluding ortho intramolecular Hbond substituents is 1. The number of fused-ring (bicyclic) bond motifs is 1. The number of hydrogen-bond acceptors (Lipinski definition) is 4. The molecule has 1 N–H and O–H groups in total. The molecule has 1 atom stereocenters. The first-order chi connectivity index (χ1) is 18.1. The molecule has 4 aromatic carbocycles. The van der Waals surface area contributed by atoms with Gasteiger partial charge in [0.25, 0.3) is 0 Å². The van der Waals surface area contributed by atoms with Gasteiger partial charge in [0.2, 0.25) is 0 Å². The molecule has 178 valence electrons. The van der Waals surface area contributed by atoms with Crippen LogP contribution >= 0.6 is 0 Å². The maximum atomic E-state index is 9.78. The van der Waals surface area contributed by atoms with Crippen molar-refractivity contribution in [2.75, 3.05) is 0 Å². The van der Waals surface area contributed by atoms with Crippen LogP contribution in [0.25, 0.3) is 16.8 Å². The Hall–Kier alpha value is -5.06. The molecule has 0 fully saturated rings. The van der Waals surface area contributed by atoms with Crippen LogP contribution in [0.15, 0.2) is 126 Å². The topological polar surface area (TPSA) is 71.0 Å². The third-order valence-corrected chi connectivity index (χ3v) is 6.66. The summed E-state index contributed by atoms with van der Waals surface area (Å²) in [5, 5.41) is 31.1. The second kappa shape index (κ2) is 10.7. The fourth-order valence-corrected chi connectivity index (χ4v) is 4.80. The highest BCUT2D eigenvalue weighted by Gasteiger charge is 2.28. The predicted molar refractivity (Wildman–Crippen MR) is 147 cm³/mol. The third kappa shape index (κ3) is 5.30. The van der Waals surface area contributed by atoms with E-state index in [1.165, 1.54) is 5.56 Å². The summed E-state index contributed by atoms with van der Waals surface area (Å²) >= 11 is 0. The van der Waals surface area contributed by atoms with E-state index in [1.807, 2.05) is 60.7 Å². The van der Waals surface area contributed by atoms with Crippen molar-refractivity contribution >= 4 is 16.8 Å². The Balaban J connectivity index is 1.60. The molecule has 1 heterocycles. The van der Waals surface area contributed by atoms with Crippen molar-refractivity contribution in [1.82, 2.24) is 4.90 Å². The first-order valence-corrected chi connectivity index (χ1v) is 12.2. The van der Waals surface area contributed by atoms with Gasteiger partial charge >= 0.3 is 0 Å². The first-order valence-electron chi connectivity index (χ1n) is 12.2. The zero-order valence-electron chi connectivity index (χ0n) is 20.3. The molecule has 37 heavy (non-hydrogen) atoms. The molecule has 0 bridgehead atoms. The molecular weight excluding hydrogens is 454 g/mol. The zero-order valence-corrected chi connectivity index (χ0v) is 20.3. The minimum atomic E-state index is -0.0302. The summed E-state index contributed by atoms with van der Waals surface area (Å²) in [6, 6.07) is 36.1. The third-order valence-electron chi connectivity index (χ3n) is 6.66. The summed E-state index contributed by atoms with van der Waals surface area (Å²) in [5.41, 5.74) is 5.17. The fraction of sp³-hybridized carbons (Fsp3) is 0.0909. The fourth-order valence-electron chi connectivity index (χ4n) is 4.80. The number of benzene rings is 4. The Labute approximate surface area is 217 Å². The number of rotatable bonds is 5. The molecule has 1 aliphatic heterocycles. The number of aromatic hydroxyl groups is 1. The summed E-state index contributed by atoms with van der Waals surface area (Å²) in [4.78, 5) is 2.34. The lowest BCUT2D eigenvalue weighted by atomic mass is 9.89. The molecule has 0 amide bonds. The molecule has 0 aromatic heterocycles. The average Bonchev–Trinajstić information content (AvgIpc) is 2.94. The molecule has 4 heteroatoms. The van der Waals surface area contributed by atoms with E-state index in [0.29, 0.717) is 13.0 Å². The summed E-state index contributed by atoms with van der Waals surface area (Å²) < 4.78 is 0. The Morgan fingerprint density at radius 3 is 2.24 bits per heavy atom. The van der Waals surface area contributed by atoms with Crippen molar-refractivity contribution in [3.8, 4) is 17.9 Å². The number of allylic oxidation sites excluding steroid dienone is 3. The van der Waals surface area contributed by atoms with E-state index in [-0.39, 0.29) is 17.4 Å². The SMILES string of the molecule is N#CC(C#N)=C1C=C(/C=C/c2ccc3cc(O)ccc3c2)N(Cc2ccccc2)C(c2ccccc2)C1. The van der Waals surface area contributed by atoms with Crippen LogP contribution in [-0.4, -0.2) is 10.0 Å². The Morgan fingerprint density at radius 1 is 0.838 bits per heavy atom. The lowest BCUT2D eigenvalue weighted by Gasteiger charge is -2.39. The highest BCUT2D eigenvalue weighted by molar-refractivity contribution is 5.86.